The summed E-state index contributed by atoms with van der Waals surface area (Å²) < 4.78 is 1.77. The zero-order chi connectivity index (χ0) is 19.2. The Balaban J connectivity index is 1.77. The predicted molar refractivity (Wildman–Crippen MR) is 108 cm³/mol. The van der Waals surface area contributed by atoms with Crippen molar-refractivity contribution < 1.29 is 4.79 Å². The van der Waals surface area contributed by atoms with E-state index in [1.54, 1.807) is 10.9 Å². The number of carbonyl (C=O) groups is 1. The molecule has 0 bridgehead atoms. The number of carbonyl (C=O) groups excluding carboxylic acids is 1. The van der Waals surface area contributed by atoms with Crippen LogP contribution < -0.4 is 0 Å². The van der Waals surface area contributed by atoms with Crippen molar-refractivity contribution >= 4 is 17.5 Å². The molecule has 0 saturated heterocycles. The maximum Gasteiger partial charge on any atom is 0.254 e. The first-order valence-corrected chi connectivity index (χ1v) is 9.19. The summed E-state index contributed by atoms with van der Waals surface area (Å²) in [6.07, 6.45) is 3.61. The van der Waals surface area contributed by atoms with Crippen LogP contribution in [0.2, 0.25) is 5.02 Å². The highest BCUT2D eigenvalue weighted by Crippen LogP contribution is 2.15. The van der Waals surface area contributed by atoms with Crippen molar-refractivity contribution in [3.63, 3.8) is 0 Å². The van der Waals surface area contributed by atoms with Crippen LogP contribution >= 0.6 is 11.6 Å². The Morgan fingerprint density at radius 1 is 1.04 bits per heavy atom. The Morgan fingerprint density at radius 3 is 2.33 bits per heavy atom. The largest absolute Gasteiger partial charge is 0.333 e. The van der Waals surface area contributed by atoms with E-state index in [-0.39, 0.29) is 5.91 Å². The van der Waals surface area contributed by atoms with Crippen molar-refractivity contribution in [2.75, 3.05) is 27.2 Å². The number of hydrogen-bond acceptors (Lipinski definition) is 3. The van der Waals surface area contributed by atoms with Gasteiger partial charge in [-0.05, 0) is 62.1 Å². The molecule has 0 saturated carbocycles. The average molecular weight is 383 g/mol. The summed E-state index contributed by atoms with van der Waals surface area (Å²) in [4.78, 5) is 17.0. The number of rotatable bonds is 7. The number of amides is 1. The highest BCUT2D eigenvalue weighted by Gasteiger charge is 2.16. The van der Waals surface area contributed by atoms with Crippen LogP contribution in [0.4, 0.5) is 0 Å². The summed E-state index contributed by atoms with van der Waals surface area (Å²) in [5, 5.41) is 4.91. The van der Waals surface area contributed by atoms with E-state index in [4.69, 9.17) is 11.6 Å². The first-order chi connectivity index (χ1) is 13.0. The summed E-state index contributed by atoms with van der Waals surface area (Å²) >= 11 is 5.97. The minimum absolute atomic E-state index is 0.0128. The van der Waals surface area contributed by atoms with Crippen molar-refractivity contribution in [1.82, 2.24) is 19.6 Å². The number of halogens is 1. The normalized spacial score (nSPS) is 11.0. The molecule has 0 unspecified atom stereocenters. The van der Waals surface area contributed by atoms with Gasteiger partial charge >= 0.3 is 0 Å². The van der Waals surface area contributed by atoms with Gasteiger partial charge in [0.25, 0.3) is 5.91 Å². The molecule has 2 aromatic carbocycles. The van der Waals surface area contributed by atoms with Crippen LogP contribution in [0.15, 0.2) is 67.0 Å². The smallest absolute Gasteiger partial charge is 0.254 e. The Morgan fingerprint density at radius 2 is 1.74 bits per heavy atom. The molecule has 3 aromatic rings. The van der Waals surface area contributed by atoms with Gasteiger partial charge in [0.1, 0.15) is 0 Å². The van der Waals surface area contributed by atoms with Gasteiger partial charge in [0.2, 0.25) is 0 Å². The summed E-state index contributed by atoms with van der Waals surface area (Å²) in [5.74, 6) is 0.0128. The third-order valence-corrected chi connectivity index (χ3v) is 4.53. The van der Waals surface area contributed by atoms with E-state index in [0.717, 1.165) is 17.8 Å². The summed E-state index contributed by atoms with van der Waals surface area (Å²) in [6, 6.07) is 17.0. The second kappa shape index (κ2) is 8.84. The van der Waals surface area contributed by atoms with Gasteiger partial charge in [-0.3, -0.25) is 4.79 Å². The van der Waals surface area contributed by atoms with Gasteiger partial charge in [0.15, 0.2) is 0 Å². The molecule has 1 heterocycles. The molecule has 27 heavy (non-hydrogen) atoms. The molecule has 1 amide bonds. The molecule has 140 valence electrons. The van der Waals surface area contributed by atoms with Crippen molar-refractivity contribution in [2.24, 2.45) is 0 Å². The van der Waals surface area contributed by atoms with Gasteiger partial charge in [-0.25, -0.2) is 4.68 Å². The second-order valence-electron chi connectivity index (χ2n) is 6.65. The number of benzene rings is 2. The monoisotopic (exact) mass is 382 g/mol. The van der Waals surface area contributed by atoms with E-state index in [1.807, 2.05) is 79.8 Å². The topological polar surface area (TPSA) is 41.4 Å². The number of likely N-dealkylation sites (N-methyl/N-ethyl adjacent to an activating group) is 1. The fourth-order valence-electron chi connectivity index (χ4n) is 2.74. The molecular weight excluding hydrogens is 360 g/mol. The lowest BCUT2D eigenvalue weighted by atomic mass is 10.1. The maximum atomic E-state index is 13.1. The minimum atomic E-state index is 0.0128. The standard InChI is InChI=1S/C21H23ClN4O/c1-24(2)14-15-25(16-17-4-8-19(22)9-5-17)21(27)18-6-10-20(11-7-18)26-13-3-12-23-26/h3-13H,14-16H2,1-2H3. The molecule has 5 nitrogen and oxygen atoms in total. The third kappa shape index (κ3) is 5.18. The lowest BCUT2D eigenvalue weighted by Gasteiger charge is -2.25. The Hall–Kier alpha value is -2.63. The molecule has 0 spiro atoms. The summed E-state index contributed by atoms with van der Waals surface area (Å²) in [5.41, 5.74) is 2.65. The fraction of sp³-hybridized carbons (Fsp3) is 0.238. The van der Waals surface area contributed by atoms with E-state index in [0.29, 0.717) is 23.7 Å². The van der Waals surface area contributed by atoms with E-state index >= 15 is 0 Å². The van der Waals surface area contributed by atoms with Crippen molar-refractivity contribution in [3.8, 4) is 5.69 Å². The van der Waals surface area contributed by atoms with Gasteiger partial charge in [-0.15, -0.1) is 0 Å². The zero-order valence-corrected chi connectivity index (χ0v) is 16.3. The molecule has 0 atom stereocenters. The summed E-state index contributed by atoms with van der Waals surface area (Å²) in [7, 11) is 4.01. The van der Waals surface area contributed by atoms with E-state index < -0.39 is 0 Å². The van der Waals surface area contributed by atoms with Gasteiger partial charge in [-0.2, -0.15) is 5.10 Å². The van der Waals surface area contributed by atoms with Crippen molar-refractivity contribution in [1.29, 1.82) is 0 Å². The van der Waals surface area contributed by atoms with Crippen LogP contribution in [-0.2, 0) is 6.54 Å². The van der Waals surface area contributed by atoms with E-state index in [1.165, 1.54) is 0 Å². The van der Waals surface area contributed by atoms with Crippen LogP contribution in [0.25, 0.3) is 5.69 Å². The van der Waals surface area contributed by atoms with E-state index in [2.05, 4.69) is 10.00 Å². The minimum Gasteiger partial charge on any atom is -0.333 e. The molecule has 0 aliphatic carbocycles. The zero-order valence-electron chi connectivity index (χ0n) is 15.5. The molecular formula is C21H23ClN4O. The molecule has 0 radical (unpaired) electrons. The highest BCUT2D eigenvalue weighted by atomic mass is 35.5. The molecule has 0 N–H and O–H groups in total. The third-order valence-electron chi connectivity index (χ3n) is 4.27. The fourth-order valence-corrected chi connectivity index (χ4v) is 2.87. The van der Waals surface area contributed by atoms with Crippen LogP contribution in [-0.4, -0.2) is 52.7 Å². The molecule has 0 aliphatic heterocycles. The lowest BCUT2D eigenvalue weighted by Crippen LogP contribution is -2.36. The van der Waals surface area contributed by atoms with Crippen LogP contribution in [0, 0.1) is 0 Å². The lowest BCUT2D eigenvalue weighted by molar-refractivity contribution is 0.0732. The van der Waals surface area contributed by atoms with Gasteiger partial charge in [-0.1, -0.05) is 23.7 Å². The first kappa shape index (κ1) is 19.1. The summed E-state index contributed by atoms with van der Waals surface area (Å²) in [6.45, 7) is 1.99. The Labute approximate surface area is 164 Å². The van der Waals surface area contributed by atoms with Crippen molar-refractivity contribution in [3.05, 3.63) is 83.1 Å². The van der Waals surface area contributed by atoms with Crippen LogP contribution in [0.3, 0.4) is 0 Å². The Bertz CT molecular complexity index is 858. The molecule has 1 aromatic heterocycles. The molecule has 0 aliphatic rings. The molecule has 3 rings (SSSR count). The number of nitrogens with zero attached hydrogens (tertiary/aromatic N) is 4. The van der Waals surface area contributed by atoms with Gasteiger partial charge < -0.3 is 9.80 Å². The first-order valence-electron chi connectivity index (χ1n) is 8.81. The van der Waals surface area contributed by atoms with Crippen molar-refractivity contribution in [2.45, 2.75) is 6.54 Å². The van der Waals surface area contributed by atoms with Crippen LogP contribution in [0.5, 0.6) is 0 Å². The van der Waals surface area contributed by atoms with E-state index in [9.17, 15) is 4.79 Å². The second-order valence-corrected chi connectivity index (χ2v) is 7.09. The Kier molecular flexibility index (Phi) is 6.27. The quantitative estimate of drug-likeness (QED) is 0.625. The van der Waals surface area contributed by atoms with Crippen LogP contribution in [0.1, 0.15) is 15.9 Å². The molecule has 0 fully saturated rings. The number of hydrogen-bond donors (Lipinski definition) is 0. The average Bonchev–Trinajstić information content (AvgIpc) is 3.21. The molecule has 6 heteroatoms. The highest BCUT2D eigenvalue weighted by molar-refractivity contribution is 6.30. The predicted octanol–water partition coefficient (Wildman–Crippen LogP) is 3.73. The SMILES string of the molecule is CN(C)CCN(Cc1ccc(Cl)cc1)C(=O)c1ccc(-n2cccn2)cc1. The number of aromatic nitrogens is 2. The van der Waals surface area contributed by atoms with Gasteiger partial charge in [0.05, 0.1) is 5.69 Å². The maximum absolute atomic E-state index is 13.1. The van der Waals surface area contributed by atoms with Gasteiger partial charge in [0, 0.05) is 42.6 Å².